The van der Waals surface area contributed by atoms with E-state index in [9.17, 15) is 22.8 Å². The van der Waals surface area contributed by atoms with E-state index in [-0.39, 0.29) is 30.2 Å². The maximum atomic E-state index is 12.3. The van der Waals surface area contributed by atoms with Gasteiger partial charge < -0.3 is 14.8 Å². The van der Waals surface area contributed by atoms with Crippen LogP contribution >= 0.6 is 0 Å². The molecule has 2 amide bonds. The maximum Gasteiger partial charge on any atom is 0.573 e. The molecule has 1 atom stereocenters. The van der Waals surface area contributed by atoms with E-state index in [0.717, 1.165) is 17.0 Å². The second-order valence-electron chi connectivity index (χ2n) is 6.79. The highest BCUT2D eigenvalue weighted by Gasteiger charge is 2.36. The minimum Gasteiger partial charge on any atom is -0.406 e. The van der Waals surface area contributed by atoms with E-state index in [1.165, 1.54) is 12.1 Å². The monoisotopic (exact) mass is 360 g/mol. The lowest BCUT2D eigenvalue weighted by Crippen LogP contribution is -2.43. The van der Waals surface area contributed by atoms with Crippen molar-refractivity contribution >= 4 is 17.5 Å². The number of carbonyl (C=O) groups is 2. The van der Waals surface area contributed by atoms with Crippen LogP contribution in [-0.2, 0) is 14.3 Å². The largest absolute Gasteiger partial charge is 0.573 e. The number of rotatable bonds is 4. The van der Waals surface area contributed by atoms with Crippen molar-refractivity contribution in [2.45, 2.75) is 39.8 Å². The molecule has 138 valence electrons. The SMILES string of the molecule is CC(C)(C)CC(=O)NC1OCN(c2cccc(OC(F)(F)F)c2)C1=O. The van der Waals surface area contributed by atoms with Gasteiger partial charge in [-0.25, -0.2) is 0 Å². The number of hydrogen-bond donors (Lipinski definition) is 1. The van der Waals surface area contributed by atoms with Crippen LogP contribution in [0.15, 0.2) is 24.3 Å². The summed E-state index contributed by atoms with van der Waals surface area (Å²) in [6.45, 7) is 5.45. The van der Waals surface area contributed by atoms with Gasteiger partial charge in [0.25, 0.3) is 5.91 Å². The van der Waals surface area contributed by atoms with E-state index >= 15 is 0 Å². The lowest BCUT2D eigenvalue weighted by Gasteiger charge is -2.19. The summed E-state index contributed by atoms with van der Waals surface area (Å²) >= 11 is 0. The zero-order valence-corrected chi connectivity index (χ0v) is 14.0. The van der Waals surface area contributed by atoms with Crippen molar-refractivity contribution < 1.29 is 32.2 Å². The van der Waals surface area contributed by atoms with E-state index in [4.69, 9.17) is 4.74 Å². The van der Waals surface area contributed by atoms with Gasteiger partial charge in [-0.2, -0.15) is 0 Å². The van der Waals surface area contributed by atoms with Crippen LogP contribution < -0.4 is 15.0 Å². The van der Waals surface area contributed by atoms with Crippen LogP contribution in [0, 0.1) is 5.41 Å². The van der Waals surface area contributed by atoms with E-state index in [1.54, 1.807) is 0 Å². The first-order valence-electron chi connectivity index (χ1n) is 7.53. The minimum atomic E-state index is -4.83. The fourth-order valence-electron chi connectivity index (χ4n) is 2.26. The Bertz CT molecular complexity index is 656. The number of ether oxygens (including phenoxy) is 2. The number of hydrogen-bond acceptors (Lipinski definition) is 4. The predicted molar refractivity (Wildman–Crippen MR) is 82.6 cm³/mol. The van der Waals surface area contributed by atoms with E-state index in [1.807, 2.05) is 20.8 Å². The smallest absolute Gasteiger partial charge is 0.406 e. The Morgan fingerprint density at radius 2 is 2.04 bits per heavy atom. The predicted octanol–water partition coefficient (Wildman–Crippen LogP) is 2.78. The fraction of sp³-hybridized carbons (Fsp3) is 0.500. The van der Waals surface area contributed by atoms with E-state index in [2.05, 4.69) is 10.1 Å². The van der Waals surface area contributed by atoms with Crippen molar-refractivity contribution in [1.29, 1.82) is 0 Å². The first-order valence-corrected chi connectivity index (χ1v) is 7.53. The van der Waals surface area contributed by atoms with Crippen LogP contribution in [0.3, 0.4) is 0 Å². The van der Waals surface area contributed by atoms with Gasteiger partial charge in [-0.15, -0.1) is 13.2 Å². The molecule has 0 spiro atoms. The highest BCUT2D eigenvalue weighted by atomic mass is 19.4. The molecule has 0 saturated carbocycles. The van der Waals surface area contributed by atoms with Crippen molar-refractivity contribution in [3.63, 3.8) is 0 Å². The Kier molecular flexibility index (Phi) is 5.26. The molecule has 1 saturated heterocycles. The molecule has 0 radical (unpaired) electrons. The Balaban J connectivity index is 2.04. The number of alkyl halides is 3. The van der Waals surface area contributed by atoms with Gasteiger partial charge in [-0.1, -0.05) is 26.8 Å². The molecule has 6 nitrogen and oxygen atoms in total. The molecule has 1 fully saturated rings. The van der Waals surface area contributed by atoms with Gasteiger partial charge in [-0.3, -0.25) is 14.5 Å². The number of halogens is 3. The van der Waals surface area contributed by atoms with Crippen molar-refractivity contribution in [2.24, 2.45) is 5.41 Å². The molecule has 0 aliphatic carbocycles. The Morgan fingerprint density at radius 3 is 2.64 bits per heavy atom. The van der Waals surface area contributed by atoms with Crippen LogP contribution in [-0.4, -0.2) is 31.1 Å². The third-order valence-corrected chi connectivity index (χ3v) is 3.21. The lowest BCUT2D eigenvalue weighted by molar-refractivity contribution is -0.274. The molecule has 1 aliphatic heterocycles. The first-order chi connectivity index (χ1) is 11.4. The fourth-order valence-corrected chi connectivity index (χ4v) is 2.26. The van der Waals surface area contributed by atoms with E-state index < -0.39 is 24.2 Å². The molecule has 1 heterocycles. The topological polar surface area (TPSA) is 67.9 Å². The average molecular weight is 360 g/mol. The van der Waals surface area contributed by atoms with Gasteiger partial charge in [0.2, 0.25) is 12.1 Å². The van der Waals surface area contributed by atoms with Crippen molar-refractivity contribution in [2.75, 3.05) is 11.6 Å². The number of benzene rings is 1. The van der Waals surface area contributed by atoms with Crippen LogP contribution in [0.5, 0.6) is 5.75 Å². The third-order valence-electron chi connectivity index (χ3n) is 3.21. The number of nitrogens with one attached hydrogen (secondary N) is 1. The van der Waals surface area contributed by atoms with Crippen LogP contribution in [0.1, 0.15) is 27.2 Å². The standard InChI is InChI=1S/C16H19F3N2O4/c1-15(2,3)8-12(22)20-13-14(23)21(9-24-13)10-5-4-6-11(7-10)25-16(17,18)19/h4-7,13H,8-9H2,1-3H3,(H,20,22). The molecule has 1 aromatic carbocycles. The summed E-state index contributed by atoms with van der Waals surface area (Å²) < 4.78 is 46.0. The molecular weight excluding hydrogens is 341 g/mol. The zero-order valence-electron chi connectivity index (χ0n) is 14.0. The summed E-state index contributed by atoms with van der Waals surface area (Å²) in [6.07, 6.45) is -5.79. The normalized spacial score (nSPS) is 18.4. The van der Waals surface area contributed by atoms with Crippen LogP contribution in [0.25, 0.3) is 0 Å². The Labute approximate surface area is 142 Å². The lowest BCUT2D eigenvalue weighted by atomic mass is 9.92. The van der Waals surface area contributed by atoms with Crippen molar-refractivity contribution in [3.05, 3.63) is 24.3 Å². The quantitative estimate of drug-likeness (QED) is 0.897. The highest BCUT2D eigenvalue weighted by molar-refractivity contribution is 5.99. The minimum absolute atomic E-state index is 0.180. The third kappa shape index (κ3) is 5.63. The molecule has 1 aliphatic rings. The van der Waals surface area contributed by atoms with Crippen molar-refractivity contribution in [3.8, 4) is 5.75 Å². The maximum absolute atomic E-state index is 12.3. The number of carbonyl (C=O) groups excluding carboxylic acids is 2. The van der Waals surface area contributed by atoms with E-state index in [0.29, 0.717) is 0 Å². The summed E-state index contributed by atoms with van der Waals surface area (Å²) in [6, 6.07) is 4.98. The number of nitrogens with zero attached hydrogens (tertiary/aromatic N) is 1. The molecular formula is C16H19F3N2O4. The molecule has 0 bridgehead atoms. The molecule has 9 heteroatoms. The second-order valence-corrected chi connectivity index (χ2v) is 6.79. The van der Waals surface area contributed by atoms with Gasteiger partial charge in [0.05, 0.1) is 0 Å². The van der Waals surface area contributed by atoms with Crippen LogP contribution in [0.4, 0.5) is 18.9 Å². The molecule has 1 aromatic rings. The van der Waals surface area contributed by atoms with Gasteiger partial charge in [-0.05, 0) is 17.5 Å². The number of anilines is 1. The number of amides is 2. The Morgan fingerprint density at radius 1 is 1.36 bits per heavy atom. The van der Waals surface area contributed by atoms with Crippen molar-refractivity contribution in [1.82, 2.24) is 5.32 Å². The van der Waals surface area contributed by atoms with Gasteiger partial charge in [0.15, 0.2) is 0 Å². The summed E-state index contributed by atoms with van der Waals surface area (Å²) in [5.41, 5.74) is -0.0753. The molecule has 0 aromatic heterocycles. The zero-order chi connectivity index (χ0) is 18.8. The average Bonchev–Trinajstić information content (AvgIpc) is 2.76. The molecule has 2 rings (SSSR count). The van der Waals surface area contributed by atoms with Crippen LogP contribution in [0.2, 0.25) is 0 Å². The summed E-state index contributed by atoms with van der Waals surface area (Å²) in [7, 11) is 0. The van der Waals surface area contributed by atoms with Gasteiger partial charge >= 0.3 is 6.36 Å². The second kappa shape index (κ2) is 6.91. The Hall–Kier alpha value is -2.29. The van der Waals surface area contributed by atoms with Gasteiger partial charge in [0.1, 0.15) is 12.5 Å². The summed E-state index contributed by atoms with van der Waals surface area (Å²) in [5.74, 6) is -1.36. The summed E-state index contributed by atoms with van der Waals surface area (Å²) in [5, 5.41) is 2.47. The summed E-state index contributed by atoms with van der Waals surface area (Å²) in [4.78, 5) is 25.4. The highest BCUT2D eigenvalue weighted by Crippen LogP contribution is 2.28. The van der Waals surface area contributed by atoms with Gasteiger partial charge in [0, 0.05) is 18.2 Å². The first kappa shape index (κ1) is 19.0. The molecule has 1 N–H and O–H groups in total. The molecule has 25 heavy (non-hydrogen) atoms. The molecule has 1 unspecified atom stereocenters.